The zero-order valence-electron chi connectivity index (χ0n) is 15.9. The number of rotatable bonds is 5. The fourth-order valence-corrected chi connectivity index (χ4v) is 2.37. The quantitative estimate of drug-likeness (QED) is 0.629. The van der Waals surface area contributed by atoms with Crippen LogP contribution in [0.2, 0.25) is 0 Å². The van der Waals surface area contributed by atoms with Crippen LogP contribution in [0, 0.1) is 16.7 Å². The standard InChI is InChI=1S/C22H22N2O3/c1-22(2,3)20(25)17(14-23)12-15-6-5-7-18(13-15)24-21(26)16-8-10-19(27-4)11-9-16/h5-13H,1-4H3,(H,24,26)/b17-12+. The number of nitrogens with one attached hydrogen (secondary N) is 1. The highest BCUT2D eigenvalue weighted by atomic mass is 16.5. The first-order valence-corrected chi connectivity index (χ1v) is 8.46. The van der Waals surface area contributed by atoms with Crippen LogP contribution in [0.15, 0.2) is 54.1 Å². The van der Waals surface area contributed by atoms with Gasteiger partial charge in [-0.3, -0.25) is 9.59 Å². The molecule has 2 aromatic carbocycles. The van der Waals surface area contributed by atoms with Gasteiger partial charge in [0.15, 0.2) is 5.78 Å². The van der Waals surface area contributed by atoms with Crippen LogP contribution in [0.1, 0.15) is 36.7 Å². The van der Waals surface area contributed by atoms with E-state index in [1.807, 2.05) is 6.07 Å². The number of nitrogens with zero attached hydrogens (tertiary/aromatic N) is 1. The maximum atomic E-state index is 12.4. The summed E-state index contributed by atoms with van der Waals surface area (Å²) in [5, 5.41) is 12.1. The molecule has 1 amide bonds. The highest BCUT2D eigenvalue weighted by Crippen LogP contribution is 2.22. The SMILES string of the molecule is COc1ccc(C(=O)Nc2cccc(/C=C(\C#N)C(=O)C(C)(C)C)c2)cc1. The normalized spacial score (nSPS) is 11.4. The number of nitriles is 1. The van der Waals surface area contributed by atoms with E-state index in [1.54, 1.807) is 76.4 Å². The number of carbonyl (C=O) groups excluding carboxylic acids is 2. The highest BCUT2D eigenvalue weighted by molar-refractivity contribution is 6.07. The van der Waals surface area contributed by atoms with Gasteiger partial charge in [-0.05, 0) is 48.0 Å². The Labute approximate surface area is 159 Å². The van der Waals surface area contributed by atoms with Crippen molar-refractivity contribution in [1.29, 1.82) is 5.26 Å². The van der Waals surface area contributed by atoms with Gasteiger partial charge in [0, 0.05) is 16.7 Å². The molecule has 0 spiro atoms. The Morgan fingerprint density at radius 3 is 2.33 bits per heavy atom. The highest BCUT2D eigenvalue weighted by Gasteiger charge is 2.24. The fraction of sp³-hybridized carbons (Fsp3) is 0.227. The van der Waals surface area contributed by atoms with Gasteiger partial charge in [0.05, 0.1) is 12.7 Å². The van der Waals surface area contributed by atoms with Crippen LogP contribution in [0.4, 0.5) is 5.69 Å². The molecule has 2 rings (SSSR count). The monoisotopic (exact) mass is 362 g/mol. The van der Waals surface area contributed by atoms with Crippen LogP contribution >= 0.6 is 0 Å². The number of ether oxygens (including phenoxy) is 1. The lowest BCUT2D eigenvalue weighted by molar-refractivity contribution is -0.121. The maximum absolute atomic E-state index is 12.4. The molecule has 0 bridgehead atoms. The van der Waals surface area contributed by atoms with Gasteiger partial charge in [0.2, 0.25) is 0 Å². The summed E-state index contributed by atoms with van der Waals surface area (Å²) in [5.74, 6) is 0.189. The lowest BCUT2D eigenvalue weighted by Gasteiger charge is -2.15. The Balaban J connectivity index is 2.21. The van der Waals surface area contributed by atoms with Crippen LogP contribution in [0.25, 0.3) is 6.08 Å². The molecule has 0 saturated carbocycles. The summed E-state index contributed by atoms with van der Waals surface area (Å²) in [6.07, 6.45) is 1.54. The molecule has 0 unspecified atom stereocenters. The van der Waals surface area contributed by atoms with E-state index >= 15 is 0 Å². The fourth-order valence-electron chi connectivity index (χ4n) is 2.37. The smallest absolute Gasteiger partial charge is 0.255 e. The van der Waals surface area contributed by atoms with E-state index in [9.17, 15) is 14.9 Å². The number of ketones is 1. The molecule has 0 aliphatic carbocycles. The zero-order chi connectivity index (χ0) is 20.0. The molecule has 27 heavy (non-hydrogen) atoms. The Kier molecular flexibility index (Phi) is 6.15. The predicted molar refractivity (Wildman–Crippen MR) is 105 cm³/mol. The van der Waals surface area contributed by atoms with Crippen molar-refractivity contribution in [3.8, 4) is 11.8 Å². The van der Waals surface area contributed by atoms with Crippen molar-refractivity contribution in [2.75, 3.05) is 12.4 Å². The van der Waals surface area contributed by atoms with Crippen LogP contribution in [-0.4, -0.2) is 18.8 Å². The molecule has 0 radical (unpaired) electrons. The summed E-state index contributed by atoms with van der Waals surface area (Å²) >= 11 is 0. The van der Waals surface area contributed by atoms with Crippen molar-refractivity contribution in [3.05, 3.63) is 65.2 Å². The molecule has 138 valence electrons. The van der Waals surface area contributed by atoms with Crippen molar-refractivity contribution < 1.29 is 14.3 Å². The number of hydrogen-bond donors (Lipinski definition) is 1. The molecule has 0 aliphatic heterocycles. The third-order valence-corrected chi connectivity index (χ3v) is 3.85. The van der Waals surface area contributed by atoms with Crippen LogP contribution in [-0.2, 0) is 4.79 Å². The molecule has 1 N–H and O–H groups in total. The third-order valence-electron chi connectivity index (χ3n) is 3.85. The van der Waals surface area contributed by atoms with Gasteiger partial charge < -0.3 is 10.1 Å². The molecular formula is C22H22N2O3. The Bertz CT molecular complexity index is 914. The van der Waals surface area contributed by atoms with Crippen molar-refractivity contribution in [1.82, 2.24) is 0 Å². The first-order valence-electron chi connectivity index (χ1n) is 8.46. The number of anilines is 1. The lowest BCUT2D eigenvalue weighted by atomic mass is 9.86. The first-order chi connectivity index (χ1) is 12.7. The summed E-state index contributed by atoms with van der Waals surface area (Å²) in [5.41, 5.74) is 1.18. The molecule has 5 heteroatoms. The van der Waals surface area contributed by atoms with Crippen molar-refractivity contribution >= 4 is 23.5 Å². The van der Waals surface area contributed by atoms with Gasteiger partial charge in [-0.15, -0.1) is 0 Å². The number of amides is 1. The number of hydrogen-bond acceptors (Lipinski definition) is 4. The van der Waals surface area contributed by atoms with Gasteiger partial charge in [-0.25, -0.2) is 0 Å². The average Bonchev–Trinajstić information content (AvgIpc) is 2.65. The van der Waals surface area contributed by atoms with Crippen LogP contribution < -0.4 is 10.1 Å². The minimum atomic E-state index is -0.637. The van der Waals surface area contributed by atoms with Gasteiger partial charge in [0.25, 0.3) is 5.91 Å². The van der Waals surface area contributed by atoms with Gasteiger partial charge in [0.1, 0.15) is 11.8 Å². The molecule has 2 aromatic rings. The van der Waals surface area contributed by atoms with E-state index in [0.29, 0.717) is 22.6 Å². The summed E-state index contributed by atoms with van der Waals surface area (Å²) in [6.45, 7) is 5.31. The molecule has 0 aliphatic rings. The van der Waals surface area contributed by atoms with E-state index in [-0.39, 0.29) is 17.3 Å². The summed E-state index contributed by atoms with van der Waals surface area (Å²) < 4.78 is 5.08. The topological polar surface area (TPSA) is 79.2 Å². The summed E-state index contributed by atoms with van der Waals surface area (Å²) in [6, 6.07) is 15.7. The summed E-state index contributed by atoms with van der Waals surface area (Å²) in [4.78, 5) is 24.7. The van der Waals surface area contributed by atoms with Crippen molar-refractivity contribution in [3.63, 3.8) is 0 Å². The molecule has 5 nitrogen and oxygen atoms in total. The summed E-state index contributed by atoms with van der Waals surface area (Å²) in [7, 11) is 1.56. The van der Waals surface area contributed by atoms with Gasteiger partial charge in [-0.1, -0.05) is 32.9 Å². The van der Waals surface area contributed by atoms with Crippen molar-refractivity contribution in [2.45, 2.75) is 20.8 Å². The predicted octanol–water partition coefficient (Wildman–Crippen LogP) is 4.47. The van der Waals surface area contributed by atoms with E-state index in [4.69, 9.17) is 4.74 Å². The molecule has 0 saturated heterocycles. The second-order valence-corrected chi connectivity index (χ2v) is 7.06. The minimum absolute atomic E-state index is 0.0844. The maximum Gasteiger partial charge on any atom is 0.255 e. The van der Waals surface area contributed by atoms with E-state index < -0.39 is 5.41 Å². The second kappa shape index (κ2) is 8.33. The van der Waals surface area contributed by atoms with Crippen LogP contribution in [0.5, 0.6) is 5.75 Å². The average molecular weight is 362 g/mol. The minimum Gasteiger partial charge on any atom is -0.497 e. The Morgan fingerprint density at radius 1 is 1.11 bits per heavy atom. The number of Topliss-reactive ketones (excluding diaryl/α,β-unsaturated/α-hetero) is 1. The number of allylic oxidation sites excluding steroid dienone is 1. The van der Waals surface area contributed by atoms with E-state index in [1.165, 1.54) is 6.08 Å². The molecule has 0 atom stereocenters. The zero-order valence-corrected chi connectivity index (χ0v) is 15.9. The van der Waals surface area contributed by atoms with E-state index in [2.05, 4.69) is 5.32 Å². The van der Waals surface area contributed by atoms with Gasteiger partial charge >= 0.3 is 0 Å². The van der Waals surface area contributed by atoms with Gasteiger partial charge in [-0.2, -0.15) is 5.26 Å². The van der Waals surface area contributed by atoms with E-state index in [0.717, 1.165) is 0 Å². The molecule has 0 aromatic heterocycles. The molecular weight excluding hydrogens is 340 g/mol. The second-order valence-electron chi connectivity index (χ2n) is 7.06. The molecule has 0 heterocycles. The largest absolute Gasteiger partial charge is 0.497 e. The third kappa shape index (κ3) is 5.29. The Hall–Kier alpha value is -3.39. The molecule has 0 fully saturated rings. The van der Waals surface area contributed by atoms with Crippen molar-refractivity contribution in [2.24, 2.45) is 5.41 Å². The Morgan fingerprint density at radius 2 is 1.78 bits per heavy atom. The number of carbonyl (C=O) groups is 2. The lowest BCUT2D eigenvalue weighted by Crippen LogP contribution is -2.21. The number of benzene rings is 2. The first kappa shape index (κ1) is 19.9. The van der Waals surface area contributed by atoms with Crippen LogP contribution in [0.3, 0.4) is 0 Å². The number of methoxy groups -OCH3 is 1.